The fraction of sp³-hybridized carbons (Fsp3) is 0.846. The van der Waals surface area contributed by atoms with Crippen LogP contribution in [0.15, 0.2) is 11.6 Å². The zero-order valence-electron chi connectivity index (χ0n) is 10.8. The van der Waals surface area contributed by atoms with Gasteiger partial charge in [-0.05, 0) is 39.5 Å². The summed E-state index contributed by atoms with van der Waals surface area (Å²) in [6, 6.07) is 0.262. The molecule has 1 rings (SSSR count). The summed E-state index contributed by atoms with van der Waals surface area (Å²) in [5.74, 6) is 0. The molecule has 0 heterocycles. The van der Waals surface area contributed by atoms with E-state index in [1.165, 1.54) is 5.57 Å². The number of aliphatic hydroxyl groups is 1. The molecule has 2 N–H and O–H groups in total. The van der Waals surface area contributed by atoms with Crippen LogP contribution in [-0.2, 0) is 0 Å². The highest BCUT2D eigenvalue weighted by Gasteiger charge is 2.18. The third kappa shape index (κ3) is 5.10. The fourth-order valence-corrected chi connectivity index (χ4v) is 2.23. The molecule has 1 aliphatic rings. The number of hydrogen-bond acceptors (Lipinski definition) is 2. The van der Waals surface area contributed by atoms with Gasteiger partial charge in [-0.15, -0.1) is 0 Å². The zero-order chi connectivity index (χ0) is 12.2. The van der Waals surface area contributed by atoms with Crippen LogP contribution in [0.4, 0.5) is 0 Å². The minimum absolute atomic E-state index is 0.262. The molecule has 1 aliphatic carbocycles. The Morgan fingerprint density at radius 1 is 1.56 bits per heavy atom. The average Bonchev–Trinajstić information content (AvgIpc) is 2.16. The normalized spacial score (nSPS) is 24.1. The van der Waals surface area contributed by atoms with E-state index in [0.29, 0.717) is 5.06 Å². The molecule has 0 fully saturated rings. The van der Waals surface area contributed by atoms with Crippen molar-refractivity contribution in [2.75, 3.05) is 7.05 Å². The average molecular weight is 227 g/mol. The smallest absolute Gasteiger partial charge is 0.0907 e. The Kier molecular flexibility index (Phi) is 4.96. The van der Waals surface area contributed by atoms with E-state index in [-0.39, 0.29) is 6.04 Å². The molecule has 2 atom stereocenters. The van der Waals surface area contributed by atoms with Gasteiger partial charge in [-0.3, -0.25) is 0 Å². The summed E-state index contributed by atoms with van der Waals surface area (Å²) in [5, 5.41) is 21.1. The van der Waals surface area contributed by atoms with Crippen molar-refractivity contribution < 1.29 is 10.2 Å². The van der Waals surface area contributed by atoms with Gasteiger partial charge in [-0.2, -0.15) is 0 Å². The first-order valence-electron chi connectivity index (χ1n) is 6.29. The Balaban J connectivity index is 2.25. The van der Waals surface area contributed by atoms with Crippen LogP contribution in [0.3, 0.4) is 0 Å². The first-order valence-corrected chi connectivity index (χ1v) is 6.29. The van der Waals surface area contributed by atoms with Crippen molar-refractivity contribution in [3.05, 3.63) is 16.9 Å². The van der Waals surface area contributed by atoms with Gasteiger partial charge in [0, 0.05) is 12.8 Å². The van der Waals surface area contributed by atoms with Crippen molar-refractivity contribution in [3.8, 4) is 0 Å². The monoisotopic (exact) mass is 227 g/mol. The Morgan fingerprint density at radius 2 is 2.25 bits per heavy atom. The summed E-state index contributed by atoms with van der Waals surface area (Å²) < 4.78 is 0. The van der Waals surface area contributed by atoms with Crippen LogP contribution in [-0.4, -0.2) is 23.8 Å². The number of nitrogens with one attached hydrogen (secondary N) is 1. The van der Waals surface area contributed by atoms with E-state index in [2.05, 4.69) is 6.08 Å². The second kappa shape index (κ2) is 5.80. The van der Waals surface area contributed by atoms with Gasteiger partial charge >= 0.3 is 0 Å². The van der Waals surface area contributed by atoms with Gasteiger partial charge in [-0.1, -0.05) is 11.6 Å². The largest absolute Gasteiger partial charge is 0.634 e. The Labute approximate surface area is 98.7 Å². The molecule has 16 heavy (non-hydrogen) atoms. The topological polar surface area (TPSA) is 47.7 Å². The maximum atomic E-state index is 11.2. The van der Waals surface area contributed by atoms with Gasteiger partial charge in [0.2, 0.25) is 0 Å². The molecule has 0 amide bonds. The molecule has 2 unspecified atom stereocenters. The van der Waals surface area contributed by atoms with Crippen molar-refractivity contribution in [2.45, 2.75) is 64.0 Å². The number of rotatable bonds is 5. The molecule has 0 saturated heterocycles. The third-order valence-corrected chi connectivity index (χ3v) is 3.37. The molecule has 0 radical (unpaired) electrons. The molecule has 0 aromatic carbocycles. The predicted molar refractivity (Wildman–Crippen MR) is 66.1 cm³/mol. The number of hydroxylamine groups is 2. The number of quaternary nitrogens is 1. The number of hydrogen-bond donors (Lipinski definition) is 2. The molecular formula is C13H25NO2. The van der Waals surface area contributed by atoms with E-state index >= 15 is 0 Å². The predicted octanol–water partition coefficient (Wildman–Crippen LogP) is 1.42. The molecule has 3 heteroatoms. The molecule has 0 aromatic heterocycles. The fourth-order valence-electron chi connectivity index (χ4n) is 2.23. The van der Waals surface area contributed by atoms with Gasteiger partial charge in [-0.25, -0.2) is 0 Å². The van der Waals surface area contributed by atoms with Crippen molar-refractivity contribution in [2.24, 2.45) is 0 Å². The highest BCUT2D eigenvalue weighted by Crippen LogP contribution is 2.23. The van der Waals surface area contributed by atoms with Crippen LogP contribution < -0.4 is 5.06 Å². The van der Waals surface area contributed by atoms with Crippen LogP contribution in [0.5, 0.6) is 0 Å². The van der Waals surface area contributed by atoms with E-state index in [4.69, 9.17) is 0 Å². The highest BCUT2D eigenvalue weighted by molar-refractivity contribution is 5.06. The molecule has 3 nitrogen and oxygen atoms in total. The van der Waals surface area contributed by atoms with Crippen LogP contribution >= 0.6 is 0 Å². The van der Waals surface area contributed by atoms with Crippen molar-refractivity contribution in [3.63, 3.8) is 0 Å². The van der Waals surface area contributed by atoms with Crippen LogP contribution in [0.25, 0.3) is 0 Å². The zero-order valence-corrected chi connectivity index (χ0v) is 10.8. The van der Waals surface area contributed by atoms with Gasteiger partial charge in [0.25, 0.3) is 0 Å². The van der Waals surface area contributed by atoms with Crippen LogP contribution in [0, 0.1) is 5.21 Å². The Hall–Kier alpha value is -0.380. The van der Waals surface area contributed by atoms with Crippen LogP contribution in [0.2, 0.25) is 0 Å². The summed E-state index contributed by atoms with van der Waals surface area (Å²) in [7, 11) is 1.69. The first-order chi connectivity index (χ1) is 7.38. The second-order valence-corrected chi connectivity index (χ2v) is 5.61. The lowest BCUT2D eigenvalue weighted by molar-refractivity contribution is -0.854. The lowest BCUT2D eigenvalue weighted by Crippen LogP contribution is -3.08. The molecule has 0 spiro atoms. The minimum Gasteiger partial charge on any atom is -0.634 e. The minimum atomic E-state index is -0.544. The summed E-state index contributed by atoms with van der Waals surface area (Å²) in [5.41, 5.74) is 0.929. The van der Waals surface area contributed by atoms with E-state index in [1.807, 2.05) is 13.8 Å². The molecule has 0 aromatic rings. The molecule has 0 aliphatic heterocycles. The van der Waals surface area contributed by atoms with Gasteiger partial charge in [0.15, 0.2) is 0 Å². The lowest BCUT2D eigenvalue weighted by atomic mass is 9.90. The lowest BCUT2D eigenvalue weighted by Gasteiger charge is -2.30. The van der Waals surface area contributed by atoms with Crippen molar-refractivity contribution in [1.29, 1.82) is 0 Å². The summed E-state index contributed by atoms with van der Waals surface area (Å²) in [6.45, 7) is 3.71. The van der Waals surface area contributed by atoms with Crippen molar-refractivity contribution in [1.82, 2.24) is 0 Å². The van der Waals surface area contributed by atoms with Gasteiger partial charge < -0.3 is 15.4 Å². The van der Waals surface area contributed by atoms with Gasteiger partial charge in [0.05, 0.1) is 18.7 Å². The summed E-state index contributed by atoms with van der Waals surface area (Å²) >= 11 is 0. The van der Waals surface area contributed by atoms with E-state index in [0.717, 1.165) is 38.5 Å². The maximum Gasteiger partial charge on any atom is 0.0907 e. The molecule has 94 valence electrons. The SMILES string of the molecule is C[NH+]([O-])C1CC=C(CCCC(C)(C)O)CC1. The summed E-state index contributed by atoms with van der Waals surface area (Å²) in [4.78, 5) is 0. The quantitative estimate of drug-likeness (QED) is 0.551. The third-order valence-electron chi connectivity index (χ3n) is 3.37. The molecule has 0 saturated carbocycles. The Bertz CT molecular complexity index is 241. The van der Waals surface area contributed by atoms with Gasteiger partial charge in [0.1, 0.15) is 0 Å². The molecule has 0 bridgehead atoms. The maximum absolute atomic E-state index is 11.2. The molecular weight excluding hydrogens is 202 g/mol. The van der Waals surface area contributed by atoms with E-state index in [1.54, 1.807) is 7.05 Å². The first kappa shape index (κ1) is 13.7. The summed E-state index contributed by atoms with van der Waals surface area (Å²) in [6.07, 6.45) is 8.21. The standard InChI is InChI=1S/C13H25NO2/c1-13(2,15)10-4-5-11-6-8-12(9-7-11)14(3)16/h6,12,14-15H,4-5,7-10H2,1-3H3. The highest BCUT2D eigenvalue weighted by atomic mass is 16.5. The van der Waals surface area contributed by atoms with E-state index in [9.17, 15) is 10.3 Å². The van der Waals surface area contributed by atoms with Crippen molar-refractivity contribution >= 4 is 0 Å². The second-order valence-electron chi connectivity index (χ2n) is 5.61. The Morgan fingerprint density at radius 3 is 2.69 bits per heavy atom. The van der Waals surface area contributed by atoms with Crippen LogP contribution in [0.1, 0.15) is 52.4 Å². The van der Waals surface area contributed by atoms with E-state index < -0.39 is 5.60 Å². The number of allylic oxidation sites excluding steroid dienone is 1.